The maximum absolute atomic E-state index is 11.7. The first-order valence-corrected chi connectivity index (χ1v) is 9.39. The Morgan fingerprint density at radius 2 is 1.82 bits per heavy atom. The third-order valence-corrected chi connectivity index (χ3v) is 4.85. The quantitative estimate of drug-likeness (QED) is 0.440. The van der Waals surface area contributed by atoms with Gasteiger partial charge < -0.3 is 5.32 Å². The van der Waals surface area contributed by atoms with Gasteiger partial charge in [0.1, 0.15) is 0 Å². The Labute approximate surface area is 162 Å². The van der Waals surface area contributed by atoms with Gasteiger partial charge in [-0.15, -0.1) is 5.10 Å². The van der Waals surface area contributed by atoms with E-state index >= 15 is 0 Å². The number of aromatic nitrogens is 5. The summed E-state index contributed by atoms with van der Waals surface area (Å²) in [6.45, 7) is 0.770. The second-order valence-electron chi connectivity index (χ2n) is 6.90. The molecule has 0 aliphatic carbocycles. The molecule has 0 bridgehead atoms. The fourth-order valence-corrected chi connectivity index (χ4v) is 3.48. The molecule has 7 nitrogen and oxygen atoms in total. The Kier molecular flexibility index (Phi) is 5.42. The van der Waals surface area contributed by atoms with Gasteiger partial charge in [0.05, 0.1) is 23.3 Å². The van der Waals surface area contributed by atoms with Gasteiger partial charge in [0, 0.05) is 6.54 Å². The van der Waals surface area contributed by atoms with Gasteiger partial charge in [0.25, 0.3) is 5.56 Å². The van der Waals surface area contributed by atoms with E-state index in [1.54, 1.807) is 12.4 Å². The van der Waals surface area contributed by atoms with Crippen molar-refractivity contribution < 1.29 is 0 Å². The van der Waals surface area contributed by atoms with Gasteiger partial charge in [-0.3, -0.25) is 15.0 Å². The van der Waals surface area contributed by atoms with E-state index in [2.05, 4.69) is 61.0 Å². The molecular weight excluding hydrogens is 352 g/mol. The zero-order valence-corrected chi connectivity index (χ0v) is 15.4. The van der Waals surface area contributed by atoms with Gasteiger partial charge in [0.2, 0.25) is 5.95 Å². The number of fused-ring (bicyclic) bond motifs is 1. The van der Waals surface area contributed by atoms with Gasteiger partial charge >= 0.3 is 0 Å². The SMILES string of the molecule is O=c1[nH][nH]c2cc(CC(CCNc3nccnn3)Cc3ccccc3)ccc12. The minimum atomic E-state index is -0.0805. The molecule has 3 N–H and O–H groups in total. The summed E-state index contributed by atoms with van der Waals surface area (Å²) in [5, 5.41) is 17.3. The van der Waals surface area contributed by atoms with Gasteiger partial charge in [0.15, 0.2) is 0 Å². The minimum Gasteiger partial charge on any atom is -0.353 e. The predicted octanol–water partition coefficient (Wildman–Crippen LogP) is 2.94. The first-order valence-electron chi connectivity index (χ1n) is 9.39. The molecule has 0 radical (unpaired) electrons. The van der Waals surface area contributed by atoms with E-state index in [9.17, 15) is 4.79 Å². The molecule has 142 valence electrons. The van der Waals surface area contributed by atoms with Crippen LogP contribution in [0.1, 0.15) is 17.5 Å². The maximum Gasteiger partial charge on any atom is 0.271 e. The number of hydrogen-bond acceptors (Lipinski definition) is 5. The van der Waals surface area contributed by atoms with Gasteiger partial charge in [-0.25, -0.2) is 4.98 Å². The molecule has 2 aromatic heterocycles. The molecule has 0 amide bonds. The second kappa shape index (κ2) is 8.47. The van der Waals surface area contributed by atoms with E-state index in [-0.39, 0.29) is 5.56 Å². The zero-order chi connectivity index (χ0) is 19.2. The van der Waals surface area contributed by atoms with Crippen LogP contribution in [0.15, 0.2) is 65.7 Å². The first-order chi connectivity index (χ1) is 13.8. The molecule has 4 rings (SSSR count). The van der Waals surface area contributed by atoms with Crippen molar-refractivity contribution in [2.75, 3.05) is 11.9 Å². The number of benzene rings is 2. The average Bonchev–Trinajstić information content (AvgIpc) is 3.10. The summed E-state index contributed by atoms with van der Waals surface area (Å²) >= 11 is 0. The lowest BCUT2D eigenvalue weighted by Gasteiger charge is -2.18. The number of anilines is 1. The fraction of sp³-hybridized carbons (Fsp3) is 0.238. The molecule has 0 aliphatic heterocycles. The van der Waals surface area contributed by atoms with Crippen molar-refractivity contribution in [2.24, 2.45) is 5.92 Å². The molecule has 4 aromatic rings. The summed E-state index contributed by atoms with van der Waals surface area (Å²) < 4.78 is 0. The molecule has 0 saturated heterocycles. The zero-order valence-electron chi connectivity index (χ0n) is 15.4. The Morgan fingerprint density at radius 3 is 2.64 bits per heavy atom. The van der Waals surface area contributed by atoms with Crippen molar-refractivity contribution in [1.82, 2.24) is 25.4 Å². The standard InChI is InChI=1S/C21H22N6O/c28-20-18-7-6-16(14-19(18)25-26-20)13-17(12-15-4-2-1-3-5-15)8-9-22-21-23-10-11-24-27-21/h1-7,10-11,14,17H,8-9,12-13H2,(H,22,23,27)(H2,25,26,28). The van der Waals surface area contributed by atoms with Gasteiger partial charge in [-0.05, 0) is 48.4 Å². The van der Waals surface area contributed by atoms with E-state index in [4.69, 9.17) is 0 Å². The summed E-state index contributed by atoms with van der Waals surface area (Å²) in [5.74, 6) is 0.988. The topological polar surface area (TPSA) is 99.3 Å². The van der Waals surface area contributed by atoms with Gasteiger partial charge in [-0.2, -0.15) is 5.10 Å². The van der Waals surface area contributed by atoms with Crippen LogP contribution < -0.4 is 10.9 Å². The Morgan fingerprint density at radius 1 is 0.964 bits per heavy atom. The molecule has 28 heavy (non-hydrogen) atoms. The summed E-state index contributed by atoms with van der Waals surface area (Å²) in [6.07, 6.45) is 6.06. The van der Waals surface area contributed by atoms with Crippen molar-refractivity contribution in [3.05, 3.63) is 82.4 Å². The van der Waals surface area contributed by atoms with Crippen molar-refractivity contribution in [3.63, 3.8) is 0 Å². The van der Waals surface area contributed by atoms with Crippen molar-refractivity contribution in [1.29, 1.82) is 0 Å². The molecule has 1 atom stereocenters. The average molecular weight is 374 g/mol. The third-order valence-electron chi connectivity index (χ3n) is 4.85. The minimum absolute atomic E-state index is 0.0805. The van der Waals surface area contributed by atoms with E-state index in [1.807, 2.05) is 18.2 Å². The Balaban J connectivity index is 1.46. The molecule has 0 fully saturated rings. The molecule has 2 heterocycles. The van der Waals surface area contributed by atoms with Crippen LogP contribution in [0.5, 0.6) is 0 Å². The van der Waals surface area contributed by atoms with Crippen molar-refractivity contribution in [2.45, 2.75) is 19.3 Å². The van der Waals surface area contributed by atoms with Crippen molar-refractivity contribution >= 4 is 16.9 Å². The molecule has 0 spiro atoms. The van der Waals surface area contributed by atoms with E-state index in [1.165, 1.54) is 11.1 Å². The third kappa shape index (κ3) is 4.43. The van der Waals surface area contributed by atoms with Crippen LogP contribution in [0.2, 0.25) is 0 Å². The normalized spacial score (nSPS) is 12.1. The van der Waals surface area contributed by atoms with E-state index in [0.717, 1.165) is 31.3 Å². The van der Waals surface area contributed by atoms with Crippen molar-refractivity contribution in [3.8, 4) is 0 Å². The number of hydrogen-bond donors (Lipinski definition) is 3. The molecule has 0 saturated carbocycles. The van der Waals surface area contributed by atoms with Crippen LogP contribution in [0.3, 0.4) is 0 Å². The number of nitrogens with one attached hydrogen (secondary N) is 3. The molecular formula is C21H22N6O. The van der Waals surface area contributed by atoms with Crippen LogP contribution in [0, 0.1) is 5.92 Å². The fourth-order valence-electron chi connectivity index (χ4n) is 3.48. The van der Waals surface area contributed by atoms with Crippen LogP contribution in [0.25, 0.3) is 10.9 Å². The lowest BCUT2D eigenvalue weighted by molar-refractivity contribution is 0.493. The molecule has 0 aliphatic rings. The number of aromatic amines is 2. The second-order valence-corrected chi connectivity index (χ2v) is 6.90. The summed E-state index contributed by atoms with van der Waals surface area (Å²) in [6, 6.07) is 16.5. The number of H-pyrrole nitrogens is 2. The summed E-state index contributed by atoms with van der Waals surface area (Å²) in [5.41, 5.74) is 3.30. The molecule has 1 unspecified atom stereocenters. The highest BCUT2D eigenvalue weighted by Crippen LogP contribution is 2.20. The molecule has 7 heteroatoms. The van der Waals surface area contributed by atoms with Crippen LogP contribution >= 0.6 is 0 Å². The molecule has 2 aromatic carbocycles. The maximum atomic E-state index is 11.7. The smallest absolute Gasteiger partial charge is 0.271 e. The van der Waals surface area contributed by atoms with Gasteiger partial charge in [-0.1, -0.05) is 36.4 Å². The Hall–Kier alpha value is -3.48. The summed E-state index contributed by atoms with van der Waals surface area (Å²) in [4.78, 5) is 15.9. The van der Waals surface area contributed by atoms with Crippen LogP contribution in [0.4, 0.5) is 5.95 Å². The first kappa shape index (κ1) is 17.9. The highest BCUT2D eigenvalue weighted by atomic mass is 16.1. The lowest BCUT2D eigenvalue weighted by Crippen LogP contribution is -2.15. The highest BCUT2D eigenvalue weighted by Gasteiger charge is 2.13. The predicted molar refractivity (Wildman–Crippen MR) is 109 cm³/mol. The lowest BCUT2D eigenvalue weighted by atomic mass is 9.89. The van der Waals surface area contributed by atoms with E-state index < -0.39 is 0 Å². The van der Waals surface area contributed by atoms with Crippen LogP contribution in [-0.4, -0.2) is 31.9 Å². The summed E-state index contributed by atoms with van der Waals surface area (Å²) in [7, 11) is 0. The number of rotatable bonds is 8. The van der Waals surface area contributed by atoms with E-state index in [0.29, 0.717) is 17.3 Å². The van der Waals surface area contributed by atoms with Crippen LogP contribution in [-0.2, 0) is 12.8 Å². The largest absolute Gasteiger partial charge is 0.353 e. The highest BCUT2D eigenvalue weighted by molar-refractivity contribution is 5.78. The monoisotopic (exact) mass is 374 g/mol. The number of nitrogens with zero attached hydrogens (tertiary/aromatic N) is 3. The Bertz CT molecular complexity index is 1070.